The summed E-state index contributed by atoms with van der Waals surface area (Å²) in [4.78, 5) is 0. The van der Waals surface area contributed by atoms with Gasteiger partial charge in [-0.25, -0.2) is 0 Å². The van der Waals surface area contributed by atoms with Crippen molar-refractivity contribution in [3.05, 3.63) is 5.82 Å². The van der Waals surface area contributed by atoms with Gasteiger partial charge in [0.1, 0.15) is 5.82 Å². The lowest BCUT2D eigenvalue weighted by Gasteiger charge is -2.06. The van der Waals surface area contributed by atoms with Crippen molar-refractivity contribution in [3.8, 4) is 0 Å². The first-order valence-corrected chi connectivity index (χ1v) is 6.32. The van der Waals surface area contributed by atoms with Crippen molar-refractivity contribution >= 4 is 11.8 Å². The molecular formula is C10H20N4S. The smallest absolute Gasteiger partial charge is 0.190 e. The summed E-state index contributed by atoms with van der Waals surface area (Å²) in [6.07, 6.45) is 1.16. The third-order valence-electron chi connectivity index (χ3n) is 2.16. The number of nitrogens with one attached hydrogen (secondary N) is 1. The fourth-order valence-corrected chi connectivity index (χ4v) is 2.04. The molecular weight excluding hydrogens is 208 g/mol. The van der Waals surface area contributed by atoms with Gasteiger partial charge in [0.2, 0.25) is 0 Å². The maximum atomic E-state index is 4.10. The number of aromatic nitrogens is 3. The fourth-order valence-electron chi connectivity index (χ4n) is 1.14. The molecule has 0 aliphatic heterocycles. The van der Waals surface area contributed by atoms with Gasteiger partial charge in [-0.05, 0) is 19.9 Å². The van der Waals surface area contributed by atoms with Gasteiger partial charge in [0.15, 0.2) is 5.16 Å². The topological polar surface area (TPSA) is 42.7 Å². The number of thioether (sulfide) groups is 1. The van der Waals surface area contributed by atoms with E-state index in [-0.39, 0.29) is 0 Å². The molecule has 0 amide bonds. The molecule has 4 nitrogen and oxygen atoms in total. The van der Waals surface area contributed by atoms with Crippen LogP contribution in [0.15, 0.2) is 5.16 Å². The SMILES string of the molecule is Cc1nnc(SCCCNC(C)C)n1C. The highest BCUT2D eigenvalue weighted by atomic mass is 32.2. The molecule has 0 unspecified atom stereocenters. The van der Waals surface area contributed by atoms with Crippen LogP contribution in [-0.2, 0) is 7.05 Å². The molecule has 1 aromatic heterocycles. The maximum Gasteiger partial charge on any atom is 0.190 e. The van der Waals surface area contributed by atoms with Gasteiger partial charge >= 0.3 is 0 Å². The van der Waals surface area contributed by atoms with Crippen LogP contribution in [0.25, 0.3) is 0 Å². The summed E-state index contributed by atoms with van der Waals surface area (Å²) >= 11 is 1.77. The minimum Gasteiger partial charge on any atom is -0.315 e. The van der Waals surface area contributed by atoms with Gasteiger partial charge in [-0.2, -0.15) is 0 Å². The second-order valence-electron chi connectivity index (χ2n) is 3.90. The average molecular weight is 228 g/mol. The maximum absolute atomic E-state index is 4.10. The molecule has 0 aliphatic rings. The standard InChI is InChI=1S/C10H20N4S/c1-8(2)11-6-5-7-15-10-13-12-9(3)14(10)4/h8,11H,5-7H2,1-4H3. The molecule has 0 bridgehead atoms. The van der Waals surface area contributed by atoms with Gasteiger partial charge in [-0.3, -0.25) is 0 Å². The number of aryl methyl sites for hydroxylation is 1. The fraction of sp³-hybridized carbons (Fsp3) is 0.800. The first-order valence-electron chi connectivity index (χ1n) is 5.33. The number of hydrogen-bond acceptors (Lipinski definition) is 4. The van der Waals surface area contributed by atoms with Gasteiger partial charge in [-0.1, -0.05) is 25.6 Å². The van der Waals surface area contributed by atoms with Crippen molar-refractivity contribution in [1.82, 2.24) is 20.1 Å². The molecule has 5 heteroatoms. The normalized spacial score (nSPS) is 11.3. The third-order valence-corrected chi connectivity index (χ3v) is 3.26. The van der Waals surface area contributed by atoms with Crippen molar-refractivity contribution in [1.29, 1.82) is 0 Å². The molecule has 0 saturated carbocycles. The van der Waals surface area contributed by atoms with E-state index in [2.05, 4.69) is 29.4 Å². The highest BCUT2D eigenvalue weighted by molar-refractivity contribution is 7.99. The lowest BCUT2D eigenvalue weighted by molar-refractivity contribution is 0.585. The Bertz CT molecular complexity index is 296. The molecule has 0 atom stereocenters. The Balaban J connectivity index is 2.18. The highest BCUT2D eigenvalue weighted by Crippen LogP contribution is 2.15. The summed E-state index contributed by atoms with van der Waals surface area (Å²) in [5.74, 6) is 2.06. The van der Waals surface area contributed by atoms with Gasteiger partial charge < -0.3 is 9.88 Å². The lowest BCUT2D eigenvalue weighted by atomic mass is 10.4. The van der Waals surface area contributed by atoms with E-state index < -0.39 is 0 Å². The van der Waals surface area contributed by atoms with Crippen LogP contribution in [0.3, 0.4) is 0 Å². The van der Waals surface area contributed by atoms with Crippen LogP contribution in [0, 0.1) is 6.92 Å². The third kappa shape index (κ3) is 4.22. The predicted octanol–water partition coefficient (Wildman–Crippen LogP) is 1.60. The molecule has 0 saturated heterocycles. The minimum atomic E-state index is 0.576. The average Bonchev–Trinajstić information content (AvgIpc) is 2.48. The first-order chi connectivity index (χ1) is 7.11. The van der Waals surface area contributed by atoms with Crippen LogP contribution in [0.1, 0.15) is 26.1 Å². The van der Waals surface area contributed by atoms with Crippen molar-refractivity contribution in [2.75, 3.05) is 12.3 Å². The molecule has 1 rings (SSSR count). The Morgan fingerprint density at radius 1 is 1.40 bits per heavy atom. The Kier molecular flexibility index (Phi) is 5.11. The van der Waals surface area contributed by atoms with Crippen LogP contribution < -0.4 is 5.32 Å². The van der Waals surface area contributed by atoms with Gasteiger partial charge in [-0.15, -0.1) is 10.2 Å². The number of nitrogens with zero attached hydrogens (tertiary/aromatic N) is 3. The van der Waals surface area contributed by atoms with Crippen LogP contribution >= 0.6 is 11.8 Å². The molecule has 0 fully saturated rings. The van der Waals surface area contributed by atoms with E-state index in [4.69, 9.17) is 0 Å². The molecule has 15 heavy (non-hydrogen) atoms. The molecule has 0 radical (unpaired) electrons. The van der Waals surface area contributed by atoms with Crippen LogP contribution in [-0.4, -0.2) is 33.1 Å². The van der Waals surface area contributed by atoms with Crippen LogP contribution in [0.5, 0.6) is 0 Å². The van der Waals surface area contributed by atoms with E-state index in [0.29, 0.717) is 6.04 Å². The molecule has 0 aliphatic carbocycles. The largest absolute Gasteiger partial charge is 0.315 e. The van der Waals surface area contributed by atoms with E-state index in [9.17, 15) is 0 Å². The van der Waals surface area contributed by atoms with Crippen molar-refractivity contribution in [3.63, 3.8) is 0 Å². The van der Waals surface area contributed by atoms with Gasteiger partial charge in [0.05, 0.1) is 0 Å². The molecule has 0 spiro atoms. The molecule has 1 aromatic rings. The van der Waals surface area contributed by atoms with E-state index in [0.717, 1.165) is 29.7 Å². The second kappa shape index (κ2) is 6.12. The zero-order valence-electron chi connectivity index (χ0n) is 9.95. The Morgan fingerprint density at radius 2 is 2.13 bits per heavy atom. The van der Waals surface area contributed by atoms with Gasteiger partial charge in [0, 0.05) is 18.8 Å². The van der Waals surface area contributed by atoms with Crippen molar-refractivity contribution < 1.29 is 0 Å². The second-order valence-corrected chi connectivity index (χ2v) is 4.96. The Labute approximate surface area is 95.9 Å². The summed E-state index contributed by atoms with van der Waals surface area (Å²) in [6.45, 7) is 7.37. The first kappa shape index (κ1) is 12.5. The summed E-state index contributed by atoms with van der Waals surface area (Å²) in [6, 6.07) is 0.576. The van der Waals surface area contributed by atoms with Gasteiger partial charge in [0.25, 0.3) is 0 Å². The zero-order chi connectivity index (χ0) is 11.3. The molecule has 86 valence electrons. The summed E-state index contributed by atoms with van der Waals surface area (Å²) < 4.78 is 2.03. The van der Waals surface area contributed by atoms with E-state index >= 15 is 0 Å². The van der Waals surface area contributed by atoms with E-state index in [1.54, 1.807) is 11.8 Å². The summed E-state index contributed by atoms with van der Waals surface area (Å²) in [5.41, 5.74) is 0. The Hall–Kier alpha value is -0.550. The summed E-state index contributed by atoms with van der Waals surface area (Å²) in [7, 11) is 2.00. The predicted molar refractivity (Wildman–Crippen MR) is 64.2 cm³/mol. The minimum absolute atomic E-state index is 0.576. The molecule has 1 heterocycles. The van der Waals surface area contributed by atoms with Crippen molar-refractivity contribution in [2.24, 2.45) is 7.05 Å². The molecule has 1 N–H and O–H groups in total. The van der Waals surface area contributed by atoms with Crippen LogP contribution in [0.2, 0.25) is 0 Å². The van der Waals surface area contributed by atoms with Crippen molar-refractivity contribution in [2.45, 2.75) is 38.4 Å². The highest BCUT2D eigenvalue weighted by Gasteiger charge is 2.04. The quantitative estimate of drug-likeness (QED) is 0.593. The van der Waals surface area contributed by atoms with E-state index in [1.807, 2.05) is 18.5 Å². The molecule has 0 aromatic carbocycles. The zero-order valence-corrected chi connectivity index (χ0v) is 10.8. The lowest BCUT2D eigenvalue weighted by Crippen LogP contribution is -2.23. The monoisotopic (exact) mass is 228 g/mol. The summed E-state index contributed by atoms with van der Waals surface area (Å²) in [5, 5.41) is 12.5. The number of rotatable bonds is 6. The number of hydrogen-bond donors (Lipinski definition) is 1. The Morgan fingerprint density at radius 3 is 2.67 bits per heavy atom. The van der Waals surface area contributed by atoms with Crippen LogP contribution in [0.4, 0.5) is 0 Å². The van der Waals surface area contributed by atoms with E-state index in [1.165, 1.54) is 0 Å².